The molecule has 0 spiro atoms. The number of pyridine rings is 1. The van der Waals surface area contributed by atoms with E-state index in [1.807, 2.05) is 0 Å². The average Bonchev–Trinajstić information content (AvgIpc) is 2.38. The van der Waals surface area contributed by atoms with Crippen LogP contribution < -0.4 is 4.57 Å². The van der Waals surface area contributed by atoms with Crippen LogP contribution in [0.3, 0.4) is 0 Å². The Morgan fingerprint density at radius 3 is 2.44 bits per heavy atom. The Hall–Kier alpha value is -1.63. The molecule has 82 valence electrons. The van der Waals surface area contributed by atoms with Gasteiger partial charge in [-0.2, -0.15) is 4.57 Å². The lowest BCUT2D eigenvalue weighted by molar-refractivity contribution is -0.686. The maximum absolute atomic E-state index is 2.33. The molecule has 1 heterocycles. The maximum Gasteiger partial charge on any atom is 0.212 e. The van der Waals surface area contributed by atoms with E-state index < -0.39 is 0 Å². The largest absolute Gasteiger partial charge is 0.212 e. The first-order chi connectivity index (χ1) is 7.92. The summed E-state index contributed by atoms with van der Waals surface area (Å²) < 4.78 is 2.33. The standard InChI is InChI=1S/C15H18N/c1-2-3-12-16-13-8-7-11-15(16)14-9-5-4-6-10-14/h4-11,13H,2-3,12H2,1H3/q+1. The van der Waals surface area contributed by atoms with E-state index in [0.717, 1.165) is 6.54 Å². The van der Waals surface area contributed by atoms with E-state index in [1.54, 1.807) is 0 Å². The van der Waals surface area contributed by atoms with Gasteiger partial charge in [0.25, 0.3) is 0 Å². The smallest absolute Gasteiger partial charge is 0.198 e. The second kappa shape index (κ2) is 5.45. The molecule has 0 fully saturated rings. The van der Waals surface area contributed by atoms with Crippen LogP contribution in [0.5, 0.6) is 0 Å². The van der Waals surface area contributed by atoms with Crippen molar-refractivity contribution >= 4 is 0 Å². The Morgan fingerprint density at radius 2 is 1.69 bits per heavy atom. The van der Waals surface area contributed by atoms with Gasteiger partial charge in [0.2, 0.25) is 5.69 Å². The zero-order chi connectivity index (χ0) is 11.2. The van der Waals surface area contributed by atoms with Gasteiger partial charge in [-0.3, -0.25) is 0 Å². The molecule has 2 rings (SSSR count). The number of unbranched alkanes of at least 4 members (excludes halogenated alkanes) is 1. The fourth-order valence-corrected chi connectivity index (χ4v) is 1.87. The molecule has 0 aliphatic heterocycles. The molecule has 1 nitrogen and oxygen atoms in total. The summed E-state index contributed by atoms with van der Waals surface area (Å²) in [6.45, 7) is 3.33. The molecule has 0 bridgehead atoms. The topological polar surface area (TPSA) is 3.88 Å². The van der Waals surface area contributed by atoms with E-state index >= 15 is 0 Å². The van der Waals surface area contributed by atoms with Crippen molar-refractivity contribution in [2.24, 2.45) is 0 Å². The van der Waals surface area contributed by atoms with Gasteiger partial charge in [0, 0.05) is 24.1 Å². The summed E-state index contributed by atoms with van der Waals surface area (Å²) >= 11 is 0. The highest BCUT2D eigenvalue weighted by atomic mass is 14.9. The molecule has 16 heavy (non-hydrogen) atoms. The second-order valence-electron chi connectivity index (χ2n) is 4.00. The van der Waals surface area contributed by atoms with Crippen molar-refractivity contribution in [3.63, 3.8) is 0 Å². The molecule has 2 aromatic rings. The van der Waals surface area contributed by atoms with Crippen molar-refractivity contribution in [1.29, 1.82) is 0 Å². The lowest BCUT2D eigenvalue weighted by Gasteiger charge is -2.02. The third-order valence-electron chi connectivity index (χ3n) is 2.76. The van der Waals surface area contributed by atoms with Crippen molar-refractivity contribution in [3.05, 3.63) is 54.7 Å². The summed E-state index contributed by atoms with van der Waals surface area (Å²) in [5.74, 6) is 0. The van der Waals surface area contributed by atoms with Crippen molar-refractivity contribution < 1.29 is 4.57 Å². The number of hydrogen-bond acceptors (Lipinski definition) is 0. The van der Waals surface area contributed by atoms with Gasteiger partial charge < -0.3 is 0 Å². The first-order valence-corrected chi connectivity index (χ1v) is 5.95. The molecule has 0 unspecified atom stereocenters. The molecule has 0 amide bonds. The van der Waals surface area contributed by atoms with E-state index in [0.29, 0.717) is 0 Å². The van der Waals surface area contributed by atoms with Gasteiger partial charge in [-0.1, -0.05) is 31.5 Å². The Bertz CT molecular complexity index is 434. The Morgan fingerprint density at radius 1 is 0.938 bits per heavy atom. The van der Waals surface area contributed by atoms with E-state index in [4.69, 9.17) is 0 Å². The summed E-state index contributed by atoms with van der Waals surface area (Å²) in [5, 5.41) is 0. The molecule has 1 heteroatoms. The van der Waals surface area contributed by atoms with Crippen LogP contribution in [-0.4, -0.2) is 0 Å². The van der Waals surface area contributed by atoms with E-state index in [9.17, 15) is 0 Å². The highest BCUT2D eigenvalue weighted by Crippen LogP contribution is 2.13. The molecule has 0 aliphatic rings. The molecule has 0 radical (unpaired) electrons. The molecular formula is C15H18N+. The van der Waals surface area contributed by atoms with Crippen LogP contribution in [0, 0.1) is 0 Å². The van der Waals surface area contributed by atoms with Crippen LogP contribution in [-0.2, 0) is 6.54 Å². The van der Waals surface area contributed by atoms with Gasteiger partial charge in [-0.25, -0.2) is 0 Å². The molecule has 0 N–H and O–H groups in total. The van der Waals surface area contributed by atoms with Crippen molar-refractivity contribution in [2.75, 3.05) is 0 Å². The van der Waals surface area contributed by atoms with Crippen LogP contribution >= 0.6 is 0 Å². The van der Waals surface area contributed by atoms with Gasteiger partial charge in [-0.05, 0) is 18.2 Å². The van der Waals surface area contributed by atoms with E-state index in [1.165, 1.54) is 24.1 Å². The lowest BCUT2D eigenvalue weighted by atomic mass is 10.1. The second-order valence-corrected chi connectivity index (χ2v) is 4.00. The minimum atomic E-state index is 1.10. The fourth-order valence-electron chi connectivity index (χ4n) is 1.87. The average molecular weight is 212 g/mol. The minimum Gasteiger partial charge on any atom is -0.198 e. The zero-order valence-corrected chi connectivity index (χ0v) is 9.76. The van der Waals surface area contributed by atoms with E-state index in [-0.39, 0.29) is 0 Å². The predicted octanol–water partition coefficient (Wildman–Crippen LogP) is 3.44. The summed E-state index contributed by atoms with van der Waals surface area (Å²) in [5.41, 5.74) is 2.59. The summed E-state index contributed by atoms with van der Waals surface area (Å²) in [7, 11) is 0. The Balaban J connectivity index is 2.33. The zero-order valence-electron chi connectivity index (χ0n) is 9.76. The molecule has 1 aromatic carbocycles. The quantitative estimate of drug-likeness (QED) is 0.683. The first-order valence-electron chi connectivity index (χ1n) is 5.95. The summed E-state index contributed by atoms with van der Waals surface area (Å²) in [6, 6.07) is 17.0. The Kier molecular flexibility index (Phi) is 3.71. The molecule has 0 saturated heterocycles. The van der Waals surface area contributed by atoms with Gasteiger partial charge in [-0.15, -0.1) is 0 Å². The normalized spacial score (nSPS) is 10.3. The molecular weight excluding hydrogens is 194 g/mol. The third kappa shape index (κ3) is 2.48. The summed E-state index contributed by atoms with van der Waals surface area (Å²) in [6.07, 6.45) is 4.63. The van der Waals surface area contributed by atoms with Crippen LogP contribution in [0.4, 0.5) is 0 Å². The Labute approximate surface area is 97.4 Å². The number of hydrogen-bond donors (Lipinski definition) is 0. The fraction of sp³-hybridized carbons (Fsp3) is 0.267. The van der Waals surface area contributed by atoms with Gasteiger partial charge in [0.1, 0.15) is 6.54 Å². The first kappa shape index (κ1) is 10.9. The number of aryl methyl sites for hydroxylation is 1. The molecule has 0 aliphatic carbocycles. The van der Waals surface area contributed by atoms with Crippen LogP contribution in [0.2, 0.25) is 0 Å². The van der Waals surface area contributed by atoms with Gasteiger partial charge in [0.15, 0.2) is 6.20 Å². The number of nitrogens with zero attached hydrogens (tertiary/aromatic N) is 1. The third-order valence-corrected chi connectivity index (χ3v) is 2.76. The van der Waals surface area contributed by atoms with Crippen LogP contribution in [0.1, 0.15) is 19.8 Å². The van der Waals surface area contributed by atoms with Gasteiger partial charge >= 0.3 is 0 Å². The predicted molar refractivity (Wildman–Crippen MR) is 67.0 cm³/mol. The molecule has 0 saturated carbocycles. The van der Waals surface area contributed by atoms with Crippen LogP contribution in [0.25, 0.3) is 11.3 Å². The highest BCUT2D eigenvalue weighted by Gasteiger charge is 2.10. The van der Waals surface area contributed by atoms with E-state index in [2.05, 4.69) is 66.2 Å². The highest BCUT2D eigenvalue weighted by molar-refractivity contribution is 5.55. The maximum atomic E-state index is 2.33. The molecule has 0 atom stereocenters. The van der Waals surface area contributed by atoms with Gasteiger partial charge in [0.05, 0.1) is 0 Å². The van der Waals surface area contributed by atoms with Crippen molar-refractivity contribution in [3.8, 4) is 11.3 Å². The number of aromatic nitrogens is 1. The number of rotatable bonds is 4. The lowest BCUT2D eigenvalue weighted by Crippen LogP contribution is -2.35. The summed E-state index contributed by atoms with van der Waals surface area (Å²) in [4.78, 5) is 0. The van der Waals surface area contributed by atoms with Crippen LogP contribution in [0.15, 0.2) is 54.7 Å². The van der Waals surface area contributed by atoms with Crippen molar-refractivity contribution in [2.45, 2.75) is 26.3 Å². The number of benzene rings is 1. The molecule has 1 aromatic heterocycles. The monoisotopic (exact) mass is 212 g/mol. The minimum absolute atomic E-state index is 1.10. The SMILES string of the molecule is CCCC[n+]1ccccc1-c1ccccc1. The van der Waals surface area contributed by atoms with Crippen molar-refractivity contribution in [1.82, 2.24) is 0 Å².